The van der Waals surface area contributed by atoms with Crippen LogP contribution in [0.5, 0.6) is 5.75 Å². The predicted molar refractivity (Wildman–Crippen MR) is 123 cm³/mol. The minimum absolute atomic E-state index is 0.0338. The van der Waals surface area contributed by atoms with Crippen molar-refractivity contribution in [1.82, 2.24) is 14.8 Å². The standard InChI is InChI=1S/C25H25N5O2/c1-32-23-7-3-2-6-22(23)28-24-21(5-4-12-27-24)25(31)30-15-13-29(14-16-30)18-20-10-8-19(17-26)9-11-20/h2-12H,13-16,18H2,1H3,(H,27,28). The van der Waals surface area contributed by atoms with Crippen LogP contribution in [-0.2, 0) is 6.54 Å². The van der Waals surface area contributed by atoms with E-state index in [2.05, 4.69) is 21.3 Å². The van der Waals surface area contributed by atoms with Crippen LogP contribution in [0.4, 0.5) is 11.5 Å². The molecular formula is C25H25N5O2. The lowest BCUT2D eigenvalue weighted by atomic mass is 10.1. The lowest BCUT2D eigenvalue weighted by Gasteiger charge is -2.35. The van der Waals surface area contributed by atoms with Gasteiger partial charge >= 0.3 is 0 Å². The van der Waals surface area contributed by atoms with Gasteiger partial charge in [-0.15, -0.1) is 0 Å². The van der Waals surface area contributed by atoms with E-state index < -0.39 is 0 Å². The number of pyridine rings is 1. The summed E-state index contributed by atoms with van der Waals surface area (Å²) in [4.78, 5) is 21.9. The van der Waals surface area contributed by atoms with E-state index in [1.165, 1.54) is 5.56 Å². The van der Waals surface area contributed by atoms with E-state index >= 15 is 0 Å². The van der Waals surface area contributed by atoms with Crippen molar-refractivity contribution >= 4 is 17.4 Å². The van der Waals surface area contributed by atoms with Crippen molar-refractivity contribution in [1.29, 1.82) is 5.26 Å². The Kier molecular flexibility index (Phi) is 6.63. The zero-order valence-electron chi connectivity index (χ0n) is 18.0. The largest absolute Gasteiger partial charge is 0.495 e. The number of hydrogen-bond donors (Lipinski definition) is 1. The van der Waals surface area contributed by atoms with Crippen LogP contribution in [0.25, 0.3) is 0 Å². The quantitative estimate of drug-likeness (QED) is 0.647. The van der Waals surface area contributed by atoms with Crippen LogP contribution >= 0.6 is 0 Å². The molecule has 0 aliphatic carbocycles. The summed E-state index contributed by atoms with van der Waals surface area (Å²) in [5.41, 5.74) is 3.13. The second-order valence-corrected chi connectivity index (χ2v) is 7.60. The van der Waals surface area contributed by atoms with Gasteiger partial charge in [0.05, 0.1) is 30.0 Å². The number of benzene rings is 2. The molecule has 1 amide bonds. The fourth-order valence-electron chi connectivity index (χ4n) is 3.78. The summed E-state index contributed by atoms with van der Waals surface area (Å²) < 4.78 is 5.40. The molecule has 2 aromatic carbocycles. The fourth-order valence-corrected chi connectivity index (χ4v) is 3.78. The molecule has 0 atom stereocenters. The van der Waals surface area contributed by atoms with Gasteiger partial charge in [-0.2, -0.15) is 5.26 Å². The molecule has 4 rings (SSSR count). The predicted octanol–water partition coefficient (Wildman–Crippen LogP) is 3.66. The van der Waals surface area contributed by atoms with Crippen LogP contribution in [0, 0.1) is 11.3 Å². The third kappa shape index (κ3) is 4.88. The number of nitrogens with one attached hydrogen (secondary N) is 1. The van der Waals surface area contributed by atoms with Gasteiger partial charge in [0.15, 0.2) is 0 Å². The molecule has 7 nitrogen and oxygen atoms in total. The Labute approximate surface area is 187 Å². The number of carbonyl (C=O) groups is 1. The molecule has 1 saturated heterocycles. The number of carbonyl (C=O) groups excluding carboxylic acids is 1. The molecule has 7 heteroatoms. The molecule has 32 heavy (non-hydrogen) atoms. The SMILES string of the molecule is COc1ccccc1Nc1ncccc1C(=O)N1CCN(Cc2ccc(C#N)cc2)CC1. The Morgan fingerprint density at radius 1 is 1.06 bits per heavy atom. The fraction of sp³-hybridized carbons (Fsp3) is 0.240. The molecule has 0 saturated carbocycles. The van der Waals surface area contributed by atoms with Crippen molar-refractivity contribution in [3.8, 4) is 11.8 Å². The number of anilines is 2. The number of ether oxygens (including phenoxy) is 1. The first-order valence-corrected chi connectivity index (χ1v) is 10.5. The highest BCUT2D eigenvalue weighted by Gasteiger charge is 2.24. The smallest absolute Gasteiger partial charge is 0.257 e. The minimum atomic E-state index is -0.0338. The van der Waals surface area contributed by atoms with Gasteiger partial charge in [-0.05, 0) is 42.0 Å². The topological polar surface area (TPSA) is 81.5 Å². The minimum Gasteiger partial charge on any atom is -0.495 e. The number of amides is 1. The summed E-state index contributed by atoms with van der Waals surface area (Å²) in [6.07, 6.45) is 1.67. The number of aromatic nitrogens is 1. The highest BCUT2D eigenvalue weighted by Crippen LogP contribution is 2.28. The van der Waals surface area contributed by atoms with Gasteiger partial charge in [-0.3, -0.25) is 9.69 Å². The van der Waals surface area contributed by atoms with Crippen LogP contribution in [0.1, 0.15) is 21.5 Å². The van der Waals surface area contributed by atoms with Crippen molar-refractivity contribution < 1.29 is 9.53 Å². The van der Waals surface area contributed by atoms with Crippen molar-refractivity contribution in [2.24, 2.45) is 0 Å². The zero-order chi connectivity index (χ0) is 22.3. The summed E-state index contributed by atoms with van der Waals surface area (Å²) in [5, 5.41) is 12.2. The molecule has 0 bridgehead atoms. The molecule has 1 aliphatic heterocycles. The zero-order valence-corrected chi connectivity index (χ0v) is 18.0. The molecule has 2 heterocycles. The molecule has 1 aliphatic rings. The molecular weight excluding hydrogens is 402 g/mol. The Morgan fingerprint density at radius 2 is 1.81 bits per heavy atom. The van der Waals surface area contributed by atoms with Gasteiger partial charge < -0.3 is 15.0 Å². The maximum absolute atomic E-state index is 13.3. The molecule has 3 aromatic rings. The van der Waals surface area contributed by atoms with Gasteiger partial charge in [0.2, 0.25) is 0 Å². The number of nitrogens with zero attached hydrogens (tertiary/aromatic N) is 4. The van der Waals surface area contributed by atoms with Crippen molar-refractivity contribution in [3.63, 3.8) is 0 Å². The van der Waals surface area contributed by atoms with Gasteiger partial charge in [-0.25, -0.2) is 4.98 Å². The van der Waals surface area contributed by atoms with Gasteiger partial charge in [-0.1, -0.05) is 24.3 Å². The Hall–Kier alpha value is -3.89. The number of methoxy groups -OCH3 is 1. The van der Waals surface area contributed by atoms with Crippen LogP contribution in [0.3, 0.4) is 0 Å². The molecule has 1 aromatic heterocycles. The van der Waals surface area contributed by atoms with Crippen molar-refractivity contribution in [2.45, 2.75) is 6.54 Å². The molecule has 0 radical (unpaired) electrons. The molecule has 0 unspecified atom stereocenters. The molecule has 162 valence electrons. The third-order valence-corrected chi connectivity index (χ3v) is 5.55. The van der Waals surface area contributed by atoms with E-state index in [1.54, 1.807) is 25.4 Å². The first-order chi connectivity index (χ1) is 15.7. The second-order valence-electron chi connectivity index (χ2n) is 7.60. The van der Waals surface area contributed by atoms with Crippen LogP contribution in [0.15, 0.2) is 66.9 Å². The summed E-state index contributed by atoms with van der Waals surface area (Å²) in [6, 6.07) is 20.9. The second kappa shape index (κ2) is 9.94. The maximum Gasteiger partial charge on any atom is 0.257 e. The van der Waals surface area contributed by atoms with Crippen LogP contribution in [0.2, 0.25) is 0 Å². The van der Waals surface area contributed by atoms with Crippen LogP contribution < -0.4 is 10.1 Å². The van der Waals surface area contributed by atoms with E-state index in [0.717, 1.165) is 25.3 Å². The van der Waals surface area contributed by atoms with Crippen LogP contribution in [-0.4, -0.2) is 54.0 Å². The monoisotopic (exact) mass is 427 g/mol. The maximum atomic E-state index is 13.3. The average Bonchev–Trinajstić information content (AvgIpc) is 2.85. The van der Waals surface area contributed by atoms with Gasteiger partial charge in [0, 0.05) is 38.9 Å². The van der Waals surface area contributed by atoms with E-state index in [9.17, 15) is 4.79 Å². The highest BCUT2D eigenvalue weighted by molar-refractivity contribution is 5.99. The van der Waals surface area contributed by atoms with E-state index in [0.29, 0.717) is 35.8 Å². The first kappa shape index (κ1) is 21.3. The molecule has 0 spiro atoms. The number of hydrogen-bond acceptors (Lipinski definition) is 6. The Balaban J connectivity index is 1.40. The highest BCUT2D eigenvalue weighted by atomic mass is 16.5. The summed E-state index contributed by atoms with van der Waals surface area (Å²) in [5.74, 6) is 1.17. The summed E-state index contributed by atoms with van der Waals surface area (Å²) in [7, 11) is 1.61. The van der Waals surface area contributed by atoms with Crippen molar-refractivity contribution in [2.75, 3.05) is 38.6 Å². The summed E-state index contributed by atoms with van der Waals surface area (Å²) in [6.45, 7) is 3.69. The average molecular weight is 428 g/mol. The Bertz CT molecular complexity index is 1120. The lowest BCUT2D eigenvalue weighted by molar-refractivity contribution is 0.0629. The van der Waals surface area contributed by atoms with E-state index in [-0.39, 0.29) is 5.91 Å². The van der Waals surface area contributed by atoms with Gasteiger partial charge in [0.25, 0.3) is 5.91 Å². The number of rotatable bonds is 6. The van der Waals surface area contributed by atoms with E-state index in [4.69, 9.17) is 10.00 Å². The Morgan fingerprint density at radius 3 is 2.53 bits per heavy atom. The normalized spacial score (nSPS) is 13.9. The summed E-state index contributed by atoms with van der Waals surface area (Å²) >= 11 is 0. The van der Waals surface area contributed by atoms with Gasteiger partial charge in [0.1, 0.15) is 11.6 Å². The third-order valence-electron chi connectivity index (χ3n) is 5.55. The lowest BCUT2D eigenvalue weighted by Crippen LogP contribution is -2.48. The number of nitriles is 1. The van der Waals surface area contributed by atoms with E-state index in [1.807, 2.05) is 53.4 Å². The molecule has 1 N–H and O–H groups in total. The van der Waals surface area contributed by atoms with Crippen molar-refractivity contribution in [3.05, 3.63) is 83.6 Å². The molecule has 1 fully saturated rings. The number of para-hydroxylation sites is 2. The first-order valence-electron chi connectivity index (χ1n) is 10.5. The number of piperazine rings is 1.